The Labute approximate surface area is 158 Å². The summed E-state index contributed by atoms with van der Waals surface area (Å²) in [5.74, 6) is 0.702. The number of carbonyl (C=O) groups is 1. The molecule has 1 fully saturated rings. The predicted molar refractivity (Wildman–Crippen MR) is 103 cm³/mol. The van der Waals surface area contributed by atoms with Crippen LogP contribution in [0.3, 0.4) is 0 Å². The van der Waals surface area contributed by atoms with Gasteiger partial charge in [-0.15, -0.1) is 0 Å². The van der Waals surface area contributed by atoms with E-state index in [0.717, 1.165) is 24.9 Å². The number of anilines is 1. The topological polar surface area (TPSA) is 50.8 Å². The number of nitrogens with one attached hydrogen (secondary N) is 1. The summed E-state index contributed by atoms with van der Waals surface area (Å²) < 4.78 is 10.6. The van der Waals surface area contributed by atoms with Gasteiger partial charge in [0, 0.05) is 30.4 Å². The van der Waals surface area contributed by atoms with Crippen LogP contribution in [0.5, 0.6) is 5.75 Å². The first kappa shape index (κ1) is 18.5. The molecular weight excluding hydrogens is 352 g/mol. The molecule has 138 valence electrons. The summed E-state index contributed by atoms with van der Waals surface area (Å²) in [6, 6.07) is 15.0. The van der Waals surface area contributed by atoms with Crippen LogP contribution in [0.4, 0.5) is 10.5 Å². The van der Waals surface area contributed by atoms with Crippen LogP contribution in [0.2, 0.25) is 5.02 Å². The molecule has 1 heterocycles. The van der Waals surface area contributed by atoms with E-state index in [9.17, 15) is 4.79 Å². The molecule has 0 saturated carbocycles. The highest BCUT2D eigenvalue weighted by Gasteiger charge is 2.30. The summed E-state index contributed by atoms with van der Waals surface area (Å²) >= 11 is 6.11. The maximum Gasteiger partial charge on any atom is 0.322 e. The second-order valence-corrected chi connectivity index (χ2v) is 6.64. The Hall–Kier alpha value is -2.24. The zero-order chi connectivity index (χ0) is 18.4. The molecule has 3 rings (SSSR count). The first-order valence-corrected chi connectivity index (χ1v) is 9.10. The zero-order valence-electron chi connectivity index (χ0n) is 14.8. The van der Waals surface area contributed by atoms with Crippen molar-refractivity contribution in [1.82, 2.24) is 4.90 Å². The number of benzene rings is 2. The van der Waals surface area contributed by atoms with E-state index in [1.807, 2.05) is 53.4 Å². The Bertz CT molecular complexity index is 753. The molecule has 1 atom stereocenters. The lowest BCUT2D eigenvalue weighted by Gasteiger charge is -2.25. The van der Waals surface area contributed by atoms with E-state index in [-0.39, 0.29) is 12.1 Å². The number of halogens is 1. The maximum absolute atomic E-state index is 12.8. The molecule has 26 heavy (non-hydrogen) atoms. The lowest BCUT2D eigenvalue weighted by molar-refractivity contribution is 0.146. The molecule has 1 aliphatic heterocycles. The lowest BCUT2D eigenvalue weighted by Crippen LogP contribution is -2.34. The monoisotopic (exact) mass is 374 g/mol. The van der Waals surface area contributed by atoms with Crippen LogP contribution in [0.1, 0.15) is 24.4 Å². The van der Waals surface area contributed by atoms with E-state index >= 15 is 0 Å². The van der Waals surface area contributed by atoms with Crippen LogP contribution in [0, 0.1) is 0 Å². The molecule has 1 saturated heterocycles. The van der Waals surface area contributed by atoms with Gasteiger partial charge in [0.05, 0.1) is 12.6 Å². The lowest BCUT2D eigenvalue weighted by atomic mass is 10.1. The van der Waals surface area contributed by atoms with E-state index in [1.54, 1.807) is 7.11 Å². The number of ether oxygens (including phenoxy) is 2. The molecule has 1 aliphatic rings. The molecule has 6 heteroatoms. The summed E-state index contributed by atoms with van der Waals surface area (Å²) in [5, 5.41) is 3.66. The van der Waals surface area contributed by atoms with Gasteiger partial charge in [0.2, 0.25) is 0 Å². The van der Waals surface area contributed by atoms with Crippen LogP contribution in [0.15, 0.2) is 48.5 Å². The van der Waals surface area contributed by atoms with E-state index in [1.165, 1.54) is 0 Å². The van der Waals surface area contributed by atoms with Gasteiger partial charge in [0.25, 0.3) is 0 Å². The third-order valence-corrected chi connectivity index (χ3v) is 4.62. The average Bonchev–Trinajstić information content (AvgIpc) is 3.12. The number of rotatable bonds is 6. The van der Waals surface area contributed by atoms with Crippen molar-refractivity contribution in [1.29, 1.82) is 0 Å². The first-order valence-electron chi connectivity index (χ1n) is 8.72. The molecule has 2 aromatic carbocycles. The van der Waals surface area contributed by atoms with Crippen molar-refractivity contribution >= 4 is 23.3 Å². The van der Waals surface area contributed by atoms with Crippen molar-refractivity contribution in [2.75, 3.05) is 32.2 Å². The smallest absolute Gasteiger partial charge is 0.322 e. The molecule has 1 N–H and O–H groups in total. The van der Waals surface area contributed by atoms with Crippen molar-refractivity contribution in [3.05, 3.63) is 59.1 Å². The van der Waals surface area contributed by atoms with Gasteiger partial charge in [-0.25, -0.2) is 4.79 Å². The summed E-state index contributed by atoms with van der Waals surface area (Å²) in [7, 11) is 1.63. The van der Waals surface area contributed by atoms with E-state index in [0.29, 0.717) is 29.7 Å². The minimum Gasteiger partial charge on any atom is -0.491 e. The SMILES string of the molecule is COCCOc1cccc(NC(=O)N2CCCC2c2cccc(Cl)c2)c1. The molecule has 0 radical (unpaired) electrons. The maximum atomic E-state index is 12.8. The second-order valence-electron chi connectivity index (χ2n) is 6.21. The van der Waals surface area contributed by atoms with Gasteiger partial charge in [0.15, 0.2) is 0 Å². The Morgan fingerprint density at radius 1 is 1.23 bits per heavy atom. The van der Waals surface area contributed by atoms with Crippen LogP contribution >= 0.6 is 11.6 Å². The molecule has 0 aromatic heterocycles. The Morgan fingerprint density at radius 2 is 2.08 bits per heavy atom. The van der Waals surface area contributed by atoms with E-state index < -0.39 is 0 Å². The molecule has 5 nitrogen and oxygen atoms in total. The van der Waals surface area contributed by atoms with E-state index in [4.69, 9.17) is 21.1 Å². The van der Waals surface area contributed by atoms with Crippen LogP contribution in [-0.2, 0) is 4.74 Å². The number of hydrogen-bond acceptors (Lipinski definition) is 3. The number of amides is 2. The zero-order valence-corrected chi connectivity index (χ0v) is 15.5. The predicted octanol–water partition coefficient (Wildman–Crippen LogP) is 4.73. The largest absolute Gasteiger partial charge is 0.491 e. The van der Waals surface area contributed by atoms with Gasteiger partial charge in [-0.1, -0.05) is 29.8 Å². The third kappa shape index (κ3) is 4.68. The highest BCUT2D eigenvalue weighted by Crippen LogP contribution is 2.33. The fourth-order valence-corrected chi connectivity index (χ4v) is 3.37. The highest BCUT2D eigenvalue weighted by molar-refractivity contribution is 6.30. The number of likely N-dealkylation sites (tertiary alicyclic amines) is 1. The minimum atomic E-state index is -0.110. The highest BCUT2D eigenvalue weighted by atomic mass is 35.5. The summed E-state index contributed by atoms with van der Waals surface area (Å²) in [6.45, 7) is 1.72. The van der Waals surface area contributed by atoms with Gasteiger partial charge < -0.3 is 19.7 Å². The molecule has 2 aromatic rings. The standard InChI is InChI=1S/C20H23ClN2O3/c1-25-11-12-26-18-8-3-7-17(14-18)22-20(24)23-10-4-9-19(23)15-5-2-6-16(21)13-15/h2-3,5-8,13-14,19H,4,9-12H2,1H3,(H,22,24). The number of urea groups is 1. The average molecular weight is 375 g/mol. The van der Waals surface area contributed by atoms with Gasteiger partial charge in [-0.05, 0) is 42.7 Å². The van der Waals surface area contributed by atoms with Crippen LogP contribution in [0.25, 0.3) is 0 Å². The Morgan fingerprint density at radius 3 is 2.88 bits per heavy atom. The number of carbonyl (C=O) groups excluding carboxylic acids is 1. The van der Waals surface area contributed by atoms with Crippen molar-refractivity contribution in [2.24, 2.45) is 0 Å². The normalized spacial score (nSPS) is 16.5. The van der Waals surface area contributed by atoms with Gasteiger partial charge >= 0.3 is 6.03 Å². The fraction of sp³-hybridized carbons (Fsp3) is 0.350. The molecule has 0 aliphatic carbocycles. The van der Waals surface area contributed by atoms with Crippen LogP contribution in [-0.4, -0.2) is 37.8 Å². The number of hydrogen-bond donors (Lipinski definition) is 1. The van der Waals surface area contributed by atoms with E-state index in [2.05, 4.69) is 5.32 Å². The van der Waals surface area contributed by atoms with Crippen molar-refractivity contribution < 1.29 is 14.3 Å². The van der Waals surface area contributed by atoms with Crippen molar-refractivity contribution in [3.8, 4) is 5.75 Å². The van der Waals surface area contributed by atoms with Crippen molar-refractivity contribution in [2.45, 2.75) is 18.9 Å². The van der Waals surface area contributed by atoms with Crippen molar-refractivity contribution in [3.63, 3.8) is 0 Å². The second kappa shape index (κ2) is 8.92. The number of nitrogens with zero attached hydrogens (tertiary/aromatic N) is 1. The first-order chi connectivity index (χ1) is 12.7. The Balaban J connectivity index is 1.66. The van der Waals surface area contributed by atoms with Crippen LogP contribution < -0.4 is 10.1 Å². The summed E-state index contributed by atoms with van der Waals surface area (Å²) in [6.07, 6.45) is 1.92. The summed E-state index contributed by atoms with van der Waals surface area (Å²) in [5.41, 5.74) is 1.78. The molecule has 0 spiro atoms. The minimum absolute atomic E-state index is 0.0508. The molecular formula is C20H23ClN2O3. The molecule has 1 unspecified atom stereocenters. The van der Waals surface area contributed by atoms with Gasteiger partial charge in [0.1, 0.15) is 12.4 Å². The summed E-state index contributed by atoms with van der Waals surface area (Å²) in [4.78, 5) is 14.6. The molecule has 0 bridgehead atoms. The van der Waals surface area contributed by atoms with Gasteiger partial charge in [-0.2, -0.15) is 0 Å². The van der Waals surface area contributed by atoms with Gasteiger partial charge in [-0.3, -0.25) is 0 Å². The Kier molecular flexibility index (Phi) is 6.36. The number of methoxy groups -OCH3 is 1. The fourth-order valence-electron chi connectivity index (χ4n) is 3.17. The third-order valence-electron chi connectivity index (χ3n) is 4.39. The quantitative estimate of drug-likeness (QED) is 0.743. The molecule has 2 amide bonds.